The molecule has 0 aliphatic heterocycles. The Morgan fingerprint density at radius 1 is 1.05 bits per heavy atom. The highest BCUT2D eigenvalue weighted by Gasteiger charge is 2.25. The molecule has 2 heterocycles. The normalized spacial score (nSPS) is 11.0. The number of carboxylic acids is 1. The standard InChI is InChI=1S/C17H12N2O2.ClH/c1-19-13-9-5-3-7-11(13)14(17(20)21)15-16(19)10-6-2-4-8-12(10)18-15;/h2-9H,1H3,(H,20,21);1H. The molecule has 0 aliphatic rings. The van der Waals surface area contributed by atoms with Crippen molar-refractivity contribution in [3.8, 4) is 0 Å². The van der Waals surface area contributed by atoms with Gasteiger partial charge in [-0.2, -0.15) is 4.57 Å². The molecule has 0 unspecified atom stereocenters. The van der Waals surface area contributed by atoms with Gasteiger partial charge in [-0.15, -0.1) is 0 Å². The summed E-state index contributed by atoms with van der Waals surface area (Å²) in [6.45, 7) is 0. The van der Waals surface area contributed by atoms with Crippen LogP contribution in [0.1, 0.15) is 10.4 Å². The van der Waals surface area contributed by atoms with Crippen LogP contribution in [-0.4, -0.2) is 16.1 Å². The number of aryl methyl sites for hydroxylation is 1. The summed E-state index contributed by atoms with van der Waals surface area (Å²) >= 11 is 0. The molecule has 22 heavy (non-hydrogen) atoms. The Balaban J connectivity index is 0.00000144. The van der Waals surface area contributed by atoms with Crippen LogP contribution in [0.4, 0.5) is 0 Å². The average Bonchev–Trinajstić information content (AvgIpc) is 2.86. The van der Waals surface area contributed by atoms with Crippen LogP contribution in [0.15, 0.2) is 48.5 Å². The summed E-state index contributed by atoms with van der Waals surface area (Å²) in [6.07, 6.45) is 0. The van der Waals surface area contributed by atoms with Crippen LogP contribution in [0, 0.1) is 0 Å². The second kappa shape index (κ2) is 5.00. The number of benzene rings is 2. The van der Waals surface area contributed by atoms with Crippen molar-refractivity contribution in [3.63, 3.8) is 0 Å². The Kier molecular flexibility index (Phi) is 3.26. The number of H-pyrrole nitrogens is 1. The molecule has 2 N–H and O–H groups in total. The minimum atomic E-state index is -0.914. The molecular formula is C17H13ClN2O2. The first kappa shape index (κ1) is 14.4. The molecule has 4 rings (SSSR count). The lowest BCUT2D eigenvalue weighted by Crippen LogP contribution is -3.00. The van der Waals surface area contributed by atoms with E-state index in [0.29, 0.717) is 11.1 Å². The smallest absolute Gasteiger partial charge is 0.338 e. The molecule has 4 nitrogen and oxygen atoms in total. The van der Waals surface area contributed by atoms with E-state index >= 15 is 0 Å². The lowest BCUT2D eigenvalue weighted by Gasteiger charge is -2.03. The van der Waals surface area contributed by atoms with Crippen molar-refractivity contribution in [1.82, 2.24) is 4.98 Å². The van der Waals surface area contributed by atoms with E-state index in [4.69, 9.17) is 0 Å². The van der Waals surface area contributed by atoms with Gasteiger partial charge in [-0.05, 0) is 18.2 Å². The number of pyridine rings is 1. The number of hydrogen-bond acceptors (Lipinski definition) is 1. The van der Waals surface area contributed by atoms with E-state index in [9.17, 15) is 9.90 Å². The number of nitrogens with one attached hydrogen (secondary N) is 1. The molecule has 0 bridgehead atoms. The topological polar surface area (TPSA) is 57.0 Å². The van der Waals surface area contributed by atoms with Gasteiger partial charge in [-0.3, -0.25) is 0 Å². The molecule has 0 radical (unpaired) electrons. The van der Waals surface area contributed by atoms with Crippen molar-refractivity contribution in [1.29, 1.82) is 0 Å². The van der Waals surface area contributed by atoms with Crippen molar-refractivity contribution < 1.29 is 26.9 Å². The number of aromatic nitrogens is 2. The average molecular weight is 313 g/mol. The zero-order valence-electron chi connectivity index (χ0n) is 11.8. The summed E-state index contributed by atoms with van der Waals surface area (Å²) in [5.74, 6) is -0.914. The SMILES string of the molecule is C[n+]1c2ccccc2c(C(=O)O)c2[nH]c3ccccc3c21.[Cl-]. The Morgan fingerprint density at radius 3 is 2.41 bits per heavy atom. The summed E-state index contributed by atoms with van der Waals surface area (Å²) in [5.41, 5.74) is 3.77. The second-order valence-corrected chi connectivity index (χ2v) is 5.15. The van der Waals surface area contributed by atoms with Crippen LogP contribution in [0.5, 0.6) is 0 Å². The van der Waals surface area contributed by atoms with Gasteiger partial charge in [0, 0.05) is 6.07 Å². The molecule has 5 heteroatoms. The van der Waals surface area contributed by atoms with Gasteiger partial charge in [0.25, 0.3) is 0 Å². The number of aromatic carboxylic acids is 1. The monoisotopic (exact) mass is 312 g/mol. The maximum Gasteiger partial charge on any atom is 0.338 e. The molecule has 0 saturated carbocycles. The number of hydrogen-bond donors (Lipinski definition) is 2. The van der Waals surface area contributed by atoms with Crippen molar-refractivity contribution in [2.45, 2.75) is 0 Å². The van der Waals surface area contributed by atoms with E-state index in [-0.39, 0.29) is 12.4 Å². The van der Waals surface area contributed by atoms with Crippen LogP contribution >= 0.6 is 0 Å². The minimum Gasteiger partial charge on any atom is -1.00 e. The van der Waals surface area contributed by atoms with Gasteiger partial charge in [0.05, 0.1) is 16.3 Å². The number of carboxylic acid groups (broad SMARTS) is 1. The zero-order valence-corrected chi connectivity index (χ0v) is 12.6. The molecule has 0 aliphatic carbocycles. The van der Waals surface area contributed by atoms with Crippen molar-refractivity contribution in [2.75, 3.05) is 0 Å². The largest absolute Gasteiger partial charge is 1.00 e. The van der Waals surface area contributed by atoms with Gasteiger partial charge in [0.2, 0.25) is 11.0 Å². The summed E-state index contributed by atoms with van der Waals surface area (Å²) in [6, 6.07) is 15.5. The Labute approximate surface area is 132 Å². The summed E-state index contributed by atoms with van der Waals surface area (Å²) in [7, 11) is 1.97. The zero-order chi connectivity index (χ0) is 14.6. The summed E-state index contributed by atoms with van der Waals surface area (Å²) in [5, 5.41) is 11.4. The number of aromatic amines is 1. The molecule has 0 spiro atoms. The summed E-state index contributed by atoms with van der Waals surface area (Å²) < 4.78 is 2.05. The van der Waals surface area contributed by atoms with Gasteiger partial charge >= 0.3 is 5.97 Å². The number of nitrogens with zero attached hydrogens (tertiary/aromatic N) is 1. The van der Waals surface area contributed by atoms with E-state index in [1.54, 1.807) is 0 Å². The quantitative estimate of drug-likeness (QED) is 0.486. The molecule has 2 aromatic heterocycles. The fourth-order valence-electron chi connectivity index (χ4n) is 3.11. The highest BCUT2D eigenvalue weighted by molar-refractivity contribution is 6.16. The number of carbonyl (C=O) groups is 1. The van der Waals surface area contributed by atoms with Crippen molar-refractivity contribution >= 4 is 38.8 Å². The first-order chi connectivity index (χ1) is 10.2. The predicted octanol–water partition coefficient (Wildman–Crippen LogP) is 0.001000. The number of rotatable bonds is 1. The van der Waals surface area contributed by atoms with Gasteiger partial charge in [0.1, 0.15) is 18.1 Å². The first-order valence-corrected chi connectivity index (χ1v) is 6.73. The van der Waals surface area contributed by atoms with Crippen LogP contribution < -0.4 is 17.0 Å². The maximum atomic E-state index is 11.8. The lowest BCUT2D eigenvalue weighted by molar-refractivity contribution is -0.616. The third-order valence-electron chi connectivity index (χ3n) is 4.01. The third kappa shape index (κ3) is 1.77. The van der Waals surface area contributed by atoms with Gasteiger partial charge in [-0.25, -0.2) is 4.79 Å². The van der Waals surface area contributed by atoms with Crippen LogP contribution in [0.3, 0.4) is 0 Å². The molecule has 4 aromatic rings. The number of fused-ring (bicyclic) bond motifs is 4. The highest BCUT2D eigenvalue weighted by Crippen LogP contribution is 2.29. The van der Waals surface area contributed by atoms with Crippen LogP contribution in [0.2, 0.25) is 0 Å². The van der Waals surface area contributed by atoms with Gasteiger partial charge < -0.3 is 22.5 Å². The lowest BCUT2D eigenvalue weighted by atomic mass is 10.1. The molecule has 110 valence electrons. The van der Waals surface area contributed by atoms with E-state index in [0.717, 1.165) is 27.3 Å². The van der Waals surface area contributed by atoms with Gasteiger partial charge in [0.15, 0.2) is 0 Å². The number of para-hydroxylation sites is 2. The van der Waals surface area contributed by atoms with E-state index in [1.165, 1.54) is 0 Å². The molecule has 0 fully saturated rings. The Bertz CT molecular complexity index is 1040. The maximum absolute atomic E-state index is 11.8. The molecule has 0 amide bonds. The molecule has 0 saturated heterocycles. The highest BCUT2D eigenvalue weighted by atomic mass is 35.5. The fraction of sp³-hybridized carbons (Fsp3) is 0.0588. The van der Waals surface area contributed by atoms with Crippen molar-refractivity contribution in [2.24, 2.45) is 7.05 Å². The Morgan fingerprint density at radius 2 is 1.68 bits per heavy atom. The Hall–Kier alpha value is -2.59. The van der Waals surface area contributed by atoms with Crippen molar-refractivity contribution in [3.05, 3.63) is 54.1 Å². The second-order valence-electron chi connectivity index (χ2n) is 5.15. The van der Waals surface area contributed by atoms with E-state index in [2.05, 4.69) is 9.55 Å². The van der Waals surface area contributed by atoms with Crippen LogP contribution in [0.25, 0.3) is 32.8 Å². The number of halogens is 1. The first-order valence-electron chi connectivity index (χ1n) is 6.73. The minimum absolute atomic E-state index is 0. The third-order valence-corrected chi connectivity index (χ3v) is 4.01. The van der Waals surface area contributed by atoms with E-state index in [1.807, 2.05) is 55.6 Å². The molecular weight excluding hydrogens is 300 g/mol. The van der Waals surface area contributed by atoms with E-state index < -0.39 is 5.97 Å². The molecule has 2 aromatic carbocycles. The predicted molar refractivity (Wildman–Crippen MR) is 81.4 cm³/mol. The molecule has 0 atom stereocenters. The van der Waals surface area contributed by atoms with Gasteiger partial charge in [-0.1, -0.05) is 24.3 Å². The fourth-order valence-corrected chi connectivity index (χ4v) is 3.11. The van der Waals surface area contributed by atoms with Crippen LogP contribution in [-0.2, 0) is 7.05 Å². The summed E-state index contributed by atoms with van der Waals surface area (Å²) in [4.78, 5) is 15.0.